The predicted octanol–water partition coefficient (Wildman–Crippen LogP) is 55.4. The second-order valence-electron chi connectivity index (χ2n) is 0. The average Bonchev–Trinajstić information content (AvgIpc) is 3.92. The van der Waals surface area contributed by atoms with Crippen LogP contribution in [0.5, 0.6) is 0 Å². The third kappa shape index (κ3) is 0. The minimum absolute atomic E-state index is 2.00. The number of hydrogen-bond acceptors (Lipinski definition) is 0. The van der Waals surface area contributed by atoms with E-state index in [-0.39, 0.29) is 0 Å². The van der Waals surface area contributed by atoms with E-state index >= 15 is 0 Å². The lowest BCUT2D eigenvalue weighted by atomic mass is 11.0. The van der Waals surface area contributed by atoms with E-state index in [0.717, 1.165) is 0 Å². The van der Waals surface area contributed by atoms with E-state index in [1.165, 1.54) is 0 Å². The van der Waals surface area contributed by atoms with Crippen molar-refractivity contribution in [2.75, 3.05) is 0 Å². The van der Waals surface area contributed by atoms with Crippen LogP contribution < -0.4 is 0 Å². The molecule has 0 heterocycles. The lowest BCUT2D eigenvalue weighted by Crippen LogP contribution is -0.856. The molecular weight excluding hydrogens is 1300 g/mol. The molecule has 0 aromatic carbocycles. The summed E-state index contributed by atoms with van der Waals surface area (Å²) in [5.41, 5.74) is 0. The highest BCUT2D eigenvalue weighted by Crippen LogP contribution is 1.25. The van der Waals surface area contributed by atoms with Gasteiger partial charge in [0.15, 0.2) is 0 Å². The Morgan fingerprint density at radius 1 is 0.0185 bits per heavy atom. The monoisotopic (exact) mass is 1620 g/mol. The van der Waals surface area contributed by atoms with Crippen molar-refractivity contribution in [2.24, 2.45) is 0 Å². The van der Waals surface area contributed by atoms with Crippen molar-refractivity contribution in [1.82, 2.24) is 0 Å². The maximum Gasteiger partial charge on any atom is -0.0683 e. The Morgan fingerprint density at radius 2 is 0.0185 bits per heavy atom. The Labute approximate surface area is 743 Å². The van der Waals surface area contributed by atoms with Crippen LogP contribution in [0.2, 0.25) is 0 Å². The Kier molecular flexibility index (Phi) is 0. The maximum atomic E-state index is 2.00. The summed E-state index contributed by atoms with van der Waals surface area (Å²) in [4.78, 5) is 0. The van der Waals surface area contributed by atoms with E-state index in [1.807, 2.05) is 748 Å². The van der Waals surface area contributed by atoms with Gasteiger partial charge in [-0.15, -0.1) is 0 Å². The van der Waals surface area contributed by atoms with Gasteiger partial charge < -0.3 is 0 Å². The lowest BCUT2D eigenvalue weighted by molar-refractivity contribution is 1.50. The Morgan fingerprint density at radius 3 is 0.0185 bits per heavy atom. The van der Waals surface area contributed by atoms with E-state index in [9.17, 15) is 0 Å². The number of rotatable bonds is 0. The van der Waals surface area contributed by atoms with Crippen LogP contribution in [0.15, 0.2) is 0 Å². The standard InChI is InChI=1S/54C2H6/c54*1-2/h54*1-2H3. The smallest absolute Gasteiger partial charge is 0.0683 e. The molecule has 0 N–H and O–H groups in total. The zero-order valence-electron chi connectivity index (χ0n) is 108. The summed E-state index contributed by atoms with van der Waals surface area (Å²) in [6.45, 7) is 216. The van der Waals surface area contributed by atoms with Crippen LogP contribution >= 0.6 is 0 Å². The molecule has 0 unspecified atom stereocenters. The SMILES string of the molecule is CC.CC.CC.CC.CC.CC.CC.CC.CC.CC.CC.CC.CC.CC.CC.CC.CC.CC.CC.CC.CC.CC.CC.CC.CC.CC.CC.CC.CC.CC.CC.CC.CC.CC.CC.CC.CC.CC.CC.CC.CC.CC.CC.CC.CC.CC.CC.CC.CC.CC.CC.CC.CC.CC. The second-order valence-corrected chi connectivity index (χ2v) is 0. The minimum Gasteiger partial charge on any atom is -0.0683 e. The van der Waals surface area contributed by atoms with Crippen molar-refractivity contribution in [1.29, 1.82) is 0 Å². The van der Waals surface area contributed by atoms with Crippen LogP contribution in [0.1, 0.15) is 748 Å². The van der Waals surface area contributed by atoms with Gasteiger partial charge in [0.25, 0.3) is 0 Å². The highest BCUT2D eigenvalue weighted by molar-refractivity contribution is 3.61. The van der Waals surface area contributed by atoms with Crippen LogP contribution in [0.4, 0.5) is 0 Å². The summed E-state index contributed by atoms with van der Waals surface area (Å²) >= 11 is 0. The minimum atomic E-state index is 2.00. The van der Waals surface area contributed by atoms with Crippen molar-refractivity contribution in [3.8, 4) is 0 Å². The highest BCUT2D eigenvalue weighted by Gasteiger charge is 1.04. The van der Waals surface area contributed by atoms with Gasteiger partial charge in [-0.3, -0.25) is 0 Å². The van der Waals surface area contributed by atoms with Gasteiger partial charge in [-0.25, -0.2) is 0 Å². The summed E-state index contributed by atoms with van der Waals surface area (Å²) in [6, 6.07) is 0. The normalized spacial score (nSPS) is 3.00. The first kappa shape index (κ1) is 424. The molecule has 0 rings (SSSR count). The summed E-state index contributed by atoms with van der Waals surface area (Å²) in [6.07, 6.45) is 0. The van der Waals surface area contributed by atoms with Gasteiger partial charge in [-0.2, -0.15) is 0 Å². The Bertz CT molecular complexity index is 0. The maximum absolute atomic E-state index is 2.00. The third-order valence-electron chi connectivity index (χ3n) is 0. The zero-order chi connectivity index (χ0) is 108. The van der Waals surface area contributed by atoms with E-state index in [1.54, 1.807) is 0 Å². The van der Waals surface area contributed by atoms with Gasteiger partial charge in [-0.05, 0) is 0 Å². The van der Waals surface area contributed by atoms with Gasteiger partial charge in [0.05, 0.1) is 0 Å². The van der Waals surface area contributed by atoms with E-state index in [0.29, 0.717) is 0 Å². The molecule has 0 spiro atoms. The fourth-order valence-corrected chi connectivity index (χ4v) is 0. The highest BCUT2D eigenvalue weighted by atomic mass is 13.1. The molecule has 0 amide bonds. The summed E-state index contributed by atoms with van der Waals surface area (Å²) < 4.78 is 0. The summed E-state index contributed by atoms with van der Waals surface area (Å²) in [7, 11) is 0. The van der Waals surface area contributed by atoms with Crippen LogP contribution in [0.3, 0.4) is 0 Å². The third-order valence-corrected chi connectivity index (χ3v) is 0. The van der Waals surface area contributed by atoms with Crippen molar-refractivity contribution in [3.05, 3.63) is 0 Å². The molecule has 0 aliphatic heterocycles. The first-order chi connectivity index (χ1) is 54.0. The van der Waals surface area contributed by atoms with Gasteiger partial charge in [-0.1, -0.05) is 748 Å². The van der Waals surface area contributed by atoms with Crippen molar-refractivity contribution >= 4 is 0 Å². The number of hydrogen-bond donors (Lipinski definition) is 0. The van der Waals surface area contributed by atoms with Crippen LogP contribution in [0, 0.1) is 0 Å². The fourth-order valence-electron chi connectivity index (χ4n) is 0. The van der Waals surface area contributed by atoms with E-state index in [4.69, 9.17) is 0 Å². The molecule has 756 valence electrons. The molecule has 108 heavy (non-hydrogen) atoms. The van der Waals surface area contributed by atoms with Crippen molar-refractivity contribution < 1.29 is 0 Å². The fraction of sp³-hybridized carbons (Fsp3) is 1.00. The molecule has 0 radical (unpaired) electrons. The molecule has 0 saturated carbocycles. The molecule has 0 bridgehead atoms. The molecule has 0 aliphatic rings. The van der Waals surface area contributed by atoms with Gasteiger partial charge >= 0.3 is 0 Å². The van der Waals surface area contributed by atoms with E-state index in [2.05, 4.69) is 0 Å². The predicted molar refractivity (Wildman–Crippen MR) is 613 cm³/mol. The Hall–Kier alpha value is 0. The molecule has 0 aromatic heterocycles. The van der Waals surface area contributed by atoms with E-state index < -0.39 is 0 Å². The molecule has 0 aliphatic carbocycles. The lowest BCUT2D eigenvalue weighted by Gasteiger charge is -1.07. The molecule has 0 fully saturated rings. The second kappa shape index (κ2) is 0. The van der Waals surface area contributed by atoms with Crippen LogP contribution in [-0.4, -0.2) is 0 Å². The Balaban J connectivity index is -0.00000000529. The first-order valence-electron chi connectivity index (χ1n) is 54.0. The average molecular weight is 1620 g/mol. The van der Waals surface area contributed by atoms with Gasteiger partial charge in [0.2, 0.25) is 0 Å². The molecule has 0 atom stereocenters. The molecule has 0 aromatic rings. The molecule has 0 heteroatoms. The zero-order valence-corrected chi connectivity index (χ0v) is 108. The summed E-state index contributed by atoms with van der Waals surface area (Å²) in [5, 5.41) is 0. The first-order valence-corrected chi connectivity index (χ1v) is 54.0. The van der Waals surface area contributed by atoms with Crippen LogP contribution in [-0.2, 0) is 0 Å². The largest absolute Gasteiger partial charge is 0.0683 e. The molecule has 0 nitrogen and oxygen atoms in total. The van der Waals surface area contributed by atoms with Gasteiger partial charge in [0.1, 0.15) is 0 Å². The molecule has 0 saturated heterocycles. The van der Waals surface area contributed by atoms with Crippen LogP contribution in [0.25, 0.3) is 0 Å². The molecular formula is C108H324. The summed E-state index contributed by atoms with van der Waals surface area (Å²) in [5.74, 6) is 0. The van der Waals surface area contributed by atoms with Gasteiger partial charge in [0, 0.05) is 0 Å². The topological polar surface area (TPSA) is 0 Å². The van der Waals surface area contributed by atoms with Crippen molar-refractivity contribution in [2.45, 2.75) is 748 Å². The quantitative estimate of drug-likeness (QED) is 0.227. The van der Waals surface area contributed by atoms with Crippen molar-refractivity contribution in [3.63, 3.8) is 0 Å².